The molecule has 0 bridgehead atoms. The number of methoxy groups -OCH3 is 1. The van der Waals surface area contributed by atoms with Crippen molar-refractivity contribution in [3.05, 3.63) is 42.0 Å². The summed E-state index contributed by atoms with van der Waals surface area (Å²) in [6, 6.07) is 8.08. The van der Waals surface area contributed by atoms with E-state index < -0.39 is 0 Å². The third kappa shape index (κ3) is 4.66. The van der Waals surface area contributed by atoms with Crippen LogP contribution in [0.5, 0.6) is 5.75 Å². The third-order valence-corrected chi connectivity index (χ3v) is 6.74. The molecule has 7 heteroatoms. The van der Waals surface area contributed by atoms with E-state index in [4.69, 9.17) is 4.74 Å². The van der Waals surface area contributed by atoms with Crippen molar-refractivity contribution in [1.29, 1.82) is 0 Å². The normalized spacial score (nSPS) is 24.4. The van der Waals surface area contributed by atoms with E-state index >= 15 is 0 Å². The molecule has 0 saturated carbocycles. The van der Waals surface area contributed by atoms with Crippen LogP contribution in [0.15, 0.2) is 36.4 Å². The van der Waals surface area contributed by atoms with Crippen molar-refractivity contribution in [2.75, 3.05) is 33.3 Å². The molecule has 31 heavy (non-hydrogen) atoms. The first-order valence-corrected chi connectivity index (χ1v) is 11.2. The molecule has 4 rings (SSSR count). The predicted octanol–water partition coefficient (Wildman–Crippen LogP) is 2.29. The van der Waals surface area contributed by atoms with Gasteiger partial charge in [0.05, 0.1) is 25.0 Å². The summed E-state index contributed by atoms with van der Waals surface area (Å²) in [6.45, 7) is 2.69. The number of imide groups is 1. The second-order valence-electron chi connectivity index (χ2n) is 8.57. The Kier molecular flexibility index (Phi) is 6.70. The molecule has 0 unspecified atom stereocenters. The molecule has 3 atom stereocenters. The van der Waals surface area contributed by atoms with Gasteiger partial charge in [-0.05, 0) is 56.5 Å². The lowest BCUT2D eigenvalue weighted by Gasteiger charge is -2.28. The number of allylic oxidation sites excluding steroid dienone is 2. The molecule has 0 radical (unpaired) electrons. The van der Waals surface area contributed by atoms with Gasteiger partial charge >= 0.3 is 0 Å². The Morgan fingerprint density at radius 1 is 1.06 bits per heavy atom. The summed E-state index contributed by atoms with van der Waals surface area (Å²) in [4.78, 5) is 41.4. The second-order valence-corrected chi connectivity index (χ2v) is 8.57. The lowest BCUT2D eigenvalue weighted by atomic mass is 9.85. The Balaban J connectivity index is 1.32. The molecule has 1 N–H and O–H groups in total. The van der Waals surface area contributed by atoms with Crippen molar-refractivity contribution in [3.63, 3.8) is 0 Å². The number of ether oxygens (including phenoxy) is 1. The number of hydrogen-bond acceptors (Lipinski definition) is 5. The van der Waals surface area contributed by atoms with Crippen LogP contribution in [0.1, 0.15) is 43.7 Å². The van der Waals surface area contributed by atoms with E-state index in [1.165, 1.54) is 4.90 Å². The van der Waals surface area contributed by atoms with E-state index in [1.54, 1.807) is 7.11 Å². The van der Waals surface area contributed by atoms with Gasteiger partial charge in [-0.25, -0.2) is 0 Å². The van der Waals surface area contributed by atoms with Crippen LogP contribution in [-0.2, 0) is 14.4 Å². The van der Waals surface area contributed by atoms with Gasteiger partial charge in [0.2, 0.25) is 17.7 Å². The minimum Gasteiger partial charge on any atom is -0.497 e. The van der Waals surface area contributed by atoms with E-state index in [2.05, 4.69) is 10.2 Å². The van der Waals surface area contributed by atoms with Gasteiger partial charge in [-0.2, -0.15) is 0 Å². The molecule has 0 spiro atoms. The fourth-order valence-corrected chi connectivity index (χ4v) is 4.94. The topological polar surface area (TPSA) is 79.0 Å². The summed E-state index contributed by atoms with van der Waals surface area (Å²) in [5.74, 6) is -0.0546. The predicted molar refractivity (Wildman–Crippen MR) is 116 cm³/mol. The Morgan fingerprint density at radius 2 is 1.68 bits per heavy atom. The van der Waals surface area contributed by atoms with Gasteiger partial charge in [-0.1, -0.05) is 24.3 Å². The lowest BCUT2D eigenvalue weighted by molar-refractivity contribution is -0.140. The van der Waals surface area contributed by atoms with Crippen molar-refractivity contribution in [3.8, 4) is 5.75 Å². The van der Waals surface area contributed by atoms with Gasteiger partial charge in [0.25, 0.3) is 0 Å². The second kappa shape index (κ2) is 9.64. The van der Waals surface area contributed by atoms with Crippen LogP contribution in [0.3, 0.4) is 0 Å². The Morgan fingerprint density at radius 3 is 2.26 bits per heavy atom. The zero-order valence-electron chi connectivity index (χ0n) is 18.1. The number of carbonyl (C=O) groups excluding carboxylic acids is 3. The highest BCUT2D eigenvalue weighted by atomic mass is 16.5. The SMILES string of the molecule is COc1ccc([C@H](CNC(=O)CCN2C(=O)[C@@H]3CC=CC[C@H]3C2=O)N2CCCC2)cc1. The van der Waals surface area contributed by atoms with Gasteiger partial charge in [-0.15, -0.1) is 0 Å². The van der Waals surface area contributed by atoms with E-state index in [1.807, 2.05) is 36.4 Å². The number of likely N-dealkylation sites (tertiary alicyclic amines) is 2. The molecule has 166 valence electrons. The number of hydrogen-bond donors (Lipinski definition) is 1. The number of carbonyl (C=O) groups is 3. The molecule has 2 fully saturated rings. The fraction of sp³-hybridized carbons (Fsp3) is 0.542. The van der Waals surface area contributed by atoms with E-state index in [0.29, 0.717) is 19.4 Å². The van der Waals surface area contributed by atoms with Crippen LogP contribution in [0, 0.1) is 11.8 Å². The maximum atomic E-state index is 12.6. The highest BCUT2D eigenvalue weighted by Crippen LogP contribution is 2.35. The standard InChI is InChI=1S/C24H31N3O4/c1-31-18-10-8-17(9-11-18)21(26-13-4-5-14-26)16-25-22(28)12-15-27-23(29)19-6-2-3-7-20(19)24(27)30/h2-3,8-11,19-21H,4-7,12-16H2,1H3,(H,25,28)/t19-,20-,21+/m1/s1. The van der Waals surface area contributed by atoms with Crippen LogP contribution in [0.25, 0.3) is 0 Å². The minimum atomic E-state index is -0.241. The first kappa shape index (κ1) is 21.6. The molecule has 3 amide bonds. The summed E-state index contributed by atoms with van der Waals surface area (Å²) >= 11 is 0. The van der Waals surface area contributed by atoms with Crippen molar-refractivity contribution < 1.29 is 19.1 Å². The smallest absolute Gasteiger partial charge is 0.233 e. The van der Waals surface area contributed by atoms with Crippen LogP contribution in [0.4, 0.5) is 0 Å². The van der Waals surface area contributed by atoms with E-state index in [-0.39, 0.29) is 48.6 Å². The largest absolute Gasteiger partial charge is 0.497 e. The molecule has 1 aromatic rings. The Hall–Kier alpha value is -2.67. The van der Waals surface area contributed by atoms with Crippen LogP contribution >= 0.6 is 0 Å². The maximum absolute atomic E-state index is 12.6. The number of benzene rings is 1. The molecular weight excluding hydrogens is 394 g/mol. The minimum absolute atomic E-state index is 0.0985. The highest BCUT2D eigenvalue weighted by molar-refractivity contribution is 6.05. The zero-order valence-corrected chi connectivity index (χ0v) is 18.1. The Labute approximate surface area is 183 Å². The number of amides is 3. The average molecular weight is 426 g/mol. The Bertz CT molecular complexity index is 819. The maximum Gasteiger partial charge on any atom is 0.233 e. The molecule has 0 aromatic heterocycles. The van der Waals surface area contributed by atoms with Crippen molar-refractivity contribution in [1.82, 2.24) is 15.1 Å². The van der Waals surface area contributed by atoms with Crippen LogP contribution in [-0.4, -0.2) is 60.8 Å². The molecule has 7 nitrogen and oxygen atoms in total. The number of nitrogens with zero attached hydrogens (tertiary/aromatic N) is 2. The summed E-state index contributed by atoms with van der Waals surface area (Å²) in [5, 5.41) is 3.03. The quantitative estimate of drug-likeness (QED) is 0.511. The first-order chi connectivity index (χ1) is 15.1. The molecule has 2 heterocycles. The van der Waals surface area contributed by atoms with Gasteiger partial charge in [0, 0.05) is 19.5 Å². The van der Waals surface area contributed by atoms with Crippen LogP contribution < -0.4 is 10.1 Å². The monoisotopic (exact) mass is 425 g/mol. The van der Waals surface area contributed by atoms with E-state index in [9.17, 15) is 14.4 Å². The molecule has 1 aromatic carbocycles. The van der Waals surface area contributed by atoms with Crippen molar-refractivity contribution >= 4 is 17.7 Å². The summed E-state index contributed by atoms with van der Waals surface area (Å²) in [6.07, 6.45) is 7.66. The third-order valence-electron chi connectivity index (χ3n) is 6.74. The van der Waals surface area contributed by atoms with Crippen LogP contribution in [0.2, 0.25) is 0 Å². The van der Waals surface area contributed by atoms with Gasteiger partial charge in [-0.3, -0.25) is 24.2 Å². The van der Waals surface area contributed by atoms with Gasteiger partial charge in [0.15, 0.2) is 0 Å². The zero-order chi connectivity index (χ0) is 21.8. The number of fused-ring (bicyclic) bond motifs is 1. The van der Waals surface area contributed by atoms with E-state index in [0.717, 1.165) is 37.2 Å². The average Bonchev–Trinajstić information content (AvgIpc) is 3.41. The van der Waals surface area contributed by atoms with Crippen molar-refractivity contribution in [2.45, 2.75) is 38.1 Å². The molecule has 2 saturated heterocycles. The first-order valence-electron chi connectivity index (χ1n) is 11.2. The molecular formula is C24H31N3O4. The lowest BCUT2D eigenvalue weighted by Crippen LogP contribution is -2.39. The van der Waals surface area contributed by atoms with Gasteiger partial charge in [0.1, 0.15) is 5.75 Å². The van der Waals surface area contributed by atoms with Gasteiger partial charge < -0.3 is 10.1 Å². The summed E-state index contributed by atoms with van der Waals surface area (Å²) in [7, 11) is 1.65. The number of rotatable bonds is 8. The summed E-state index contributed by atoms with van der Waals surface area (Å²) in [5.41, 5.74) is 1.14. The molecule has 2 aliphatic heterocycles. The number of nitrogens with one attached hydrogen (secondary N) is 1. The summed E-state index contributed by atoms with van der Waals surface area (Å²) < 4.78 is 5.26. The van der Waals surface area contributed by atoms with Crippen molar-refractivity contribution in [2.24, 2.45) is 11.8 Å². The molecule has 3 aliphatic rings. The highest BCUT2D eigenvalue weighted by Gasteiger charge is 2.46. The fourth-order valence-electron chi connectivity index (χ4n) is 4.94. The molecule has 1 aliphatic carbocycles.